The third-order valence-electron chi connectivity index (χ3n) is 3.64. The average Bonchev–Trinajstić information content (AvgIpc) is 2.95. The maximum atomic E-state index is 4.38. The van der Waals surface area contributed by atoms with Gasteiger partial charge >= 0.3 is 0 Å². The Balaban J connectivity index is 1.86. The molecule has 6 nitrogen and oxygen atoms in total. The van der Waals surface area contributed by atoms with Gasteiger partial charge < -0.3 is 10.6 Å². The van der Waals surface area contributed by atoms with Crippen molar-refractivity contribution in [2.75, 3.05) is 12.4 Å². The number of nitrogens with zero attached hydrogens (tertiary/aromatic N) is 4. The van der Waals surface area contributed by atoms with Crippen molar-refractivity contribution >= 4 is 11.6 Å². The van der Waals surface area contributed by atoms with Gasteiger partial charge in [0.25, 0.3) is 0 Å². The Morgan fingerprint density at radius 3 is 2.65 bits per heavy atom. The van der Waals surface area contributed by atoms with Gasteiger partial charge in [-0.15, -0.1) is 0 Å². The summed E-state index contributed by atoms with van der Waals surface area (Å²) in [5.74, 6) is 1.49. The van der Waals surface area contributed by atoms with Gasteiger partial charge in [0.2, 0.25) is 0 Å². The van der Waals surface area contributed by atoms with Gasteiger partial charge in [-0.2, -0.15) is 5.10 Å². The van der Waals surface area contributed by atoms with Gasteiger partial charge in [-0.25, -0.2) is 9.97 Å². The number of aromatic nitrogens is 4. The molecule has 0 aliphatic rings. The van der Waals surface area contributed by atoms with E-state index in [2.05, 4.69) is 50.8 Å². The molecule has 0 spiro atoms. The Morgan fingerprint density at radius 2 is 1.96 bits per heavy atom. The van der Waals surface area contributed by atoms with E-state index in [0.29, 0.717) is 0 Å². The number of rotatable bonds is 5. The molecule has 6 heteroatoms. The van der Waals surface area contributed by atoms with Crippen LogP contribution in [0.1, 0.15) is 11.1 Å². The summed E-state index contributed by atoms with van der Waals surface area (Å²) < 4.78 is 1.74. The second kappa shape index (κ2) is 6.58. The van der Waals surface area contributed by atoms with Gasteiger partial charge in [0.05, 0.1) is 5.69 Å². The van der Waals surface area contributed by atoms with E-state index < -0.39 is 0 Å². The molecule has 0 bridgehead atoms. The molecule has 2 aromatic heterocycles. The predicted molar refractivity (Wildman–Crippen MR) is 91.5 cm³/mol. The Kier molecular flexibility index (Phi) is 4.34. The molecule has 3 rings (SSSR count). The van der Waals surface area contributed by atoms with Gasteiger partial charge in [-0.1, -0.05) is 12.1 Å². The highest BCUT2D eigenvalue weighted by molar-refractivity contribution is 5.65. The quantitative estimate of drug-likeness (QED) is 0.758. The third kappa shape index (κ3) is 3.54. The molecule has 118 valence electrons. The Hall–Kier alpha value is -2.73. The zero-order chi connectivity index (χ0) is 16.2. The van der Waals surface area contributed by atoms with Gasteiger partial charge in [0.1, 0.15) is 12.1 Å². The van der Waals surface area contributed by atoms with Gasteiger partial charge in [0, 0.05) is 37.5 Å². The van der Waals surface area contributed by atoms with Crippen molar-refractivity contribution in [2.45, 2.75) is 13.5 Å². The van der Waals surface area contributed by atoms with Gasteiger partial charge in [-0.3, -0.25) is 4.68 Å². The Bertz CT molecular complexity index is 808. The van der Waals surface area contributed by atoms with Crippen LogP contribution in [-0.4, -0.2) is 26.8 Å². The lowest BCUT2D eigenvalue weighted by Crippen LogP contribution is -2.06. The summed E-state index contributed by atoms with van der Waals surface area (Å²) in [4.78, 5) is 8.64. The normalized spacial score (nSPS) is 10.7. The fraction of sp³-hybridized carbons (Fsp3) is 0.235. The minimum Gasteiger partial charge on any atom is -0.323 e. The highest BCUT2D eigenvalue weighted by atomic mass is 15.3. The standard InChI is InChI=1S/C17H20N6/c1-12-8-13(4-5-14(12)10-18-2)15-9-17(20-11-19-15)21-16-6-7-23(3)22-16/h4-9,11,18H,10H2,1-3H3,(H,19,20,21,22). The summed E-state index contributed by atoms with van der Waals surface area (Å²) in [7, 11) is 3.83. The first kappa shape index (κ1) is 15.2. The number of benzene rings is 1. The molecule has 0 saturated heterocycles. The predicted octanol–water partition coefficient (Wildman–Crippen LogP) is 2.65. The third-order valence-corrected chi connectivity index (χ3v) is 3.64. The molecule has 0 aliphatic carbocycles. The van der Waals surface area contributed by atoms with Crippen LogP contribution in [0.3, 0.4) is 0 Å². The lowest BCUT2D eigenvalue weighted by atomic mass is 10.0. The highest BCUT2D eigenvalue weighted by Crippen LogP contribution is 2.23. The Labute approximate surface area is 135 Å². The zero-order valence-electron chi connectivity index (χ0n) is 13.5. The Morgan fingerprint density at radius 1 is 1.09 bits per heavy atom. The second-order valence-corrected chi connectivity index (χ2v) is 5.46. The van der Waals surface area contributed by atoms with Crippen LogP contribution in [0, 0.1) is 6.92 Å². The summed E-state index contributed by atoms with van der Waals surface area (Å²) in [6, 6.07) is 10.2. The molecule has 0 aliphatic heterocycles. The molecular weight excluding hydrogens is 288 g/mol. The zero-order valence-corrected chi connectivity index (χ0v) is 13.5. The maximum Gasteiger partial charge on any atom is 0.153 e. The van der Waals surface area contributed by atoms with Crippen LogP contribution in [0.4, 0.5) is 11.6 Å². The van der Waals surface area contributed by atoms with Crippen LogP contribution in [-0.2, 0) is 13.6 Å². The van der Waals surface area contributed by atoms with E-state index >= 15 is 0 Å². The van der Waals surface area contributed by atoms with Crippen molar-refractivity contribution in [1.29, 1.82) is 0 Å². The van der Waals surface area contributed by atoms with E-state index in [1.54, 1.807) is 11.0 Å². The van der Waals surface area contributed by atoms with Gasteiger partial charge in [-0.05, 0) is 31.2 Å². The first-order valence-corrected chi connectivity index (χ1v) is 7.49. The topological polar surface area (TPSA) is 67.7 Å². The van der Waals surface area contributed by atoms with Crippen molar-refractivity contribution in [2.24, 2.45) is 7.05 Å². The summed E-state index contributed by atoms with van der Waals surface area (Å²) in [6.45, 7) is 2.98. The van der Waals surface area contributed by atoms with Crippen molar-refractivity contribution in [3.63, 3.8) is 0 Å². The van der Waals surface area contributed by atoms with Crippen LogP contribution in [0.15, 0.2) is 42.9 Å². The van der Waals surface area contributed by atoms with E-state index in [9.17, 15) is 0 Å². The largest absolute Gasteiger partial charge is 0.323 e. The molecule has 0 fully saturated rings. The van der Waals surface area contributed by atoms with E-state index in [1.165, 1.54) is 11.1 Å². The summed E-state index contributed by atoms with van der Waals surface area (Å²) in [5, 5.41) is 10.7. The van der Waals surface area contributed by atoms with Gasteiger partial charge in [0.15, 0.2) is 5.82 Å². The number of anilines is 2. The van der Waals surface area contributed by atoms with E-state index in [1.807, 2.05) is 32.4 Å². The van der Waals surface area contributed by atoms with Crippen LogP contribution in [0.25, 0.3) is 11.3 Å². The molecule has 0 saturated carbocycles. The fourth-order valence-electron chi connectivity index (χ4n) is 2.44. The van der Waals surface area contributed by atoms with E-state index in [4.69, 9.17) is 0 Å². The smallest absolute Gasteiger partial charge is 0.153 e. The lowest BCUT2D eigenvalue weighted by Gasteiger charge is -2.09. The molecule has 2 heterocycles. The summed E-state index contributed by atoms with van der Waals surface area (Å²) in [5.41, 5.74) is 4.50. The number of aryl methyl sites for hydroxylation is 2. The van der Waals surface area contributed by atoms with Crippen LogP contribution in [0.5, 0.6) is 0 Å². The monoisotopic (exact) mass is 308 g/mol. The van der Waals surface area contributed by atoms with Crippen LogP contribution in [0.2, 0.25) is 0 Å². The highest BCUT2D eigenvalue weighted by Gasteiger charge is 2.06. The van der Waals surface area contributed by atoms with Crippen LogP contribution < -0.4 is 10.6 Å². The summed E-state index contributed by atoms with van der Waals surface area (Å²) >= 11 is 0. The molecular formula is C17H20N6. The minimum absolute atomic E-state index is 0.727. The first-order valence-electron chi connectivity index (χ1n) is 7.49. The molecule has 2 N–H and O–H groups in total. The molecule has 0 radical (unpaired) electrons. The minimum atomic E-state index is 0.727. The second-order valence-electron chi connectivity index (χ2n) is 5.46. The molecule has 3 aromatic rings. The number of nitrogens with one attached hydrogen (secondary N) is 2. The fourth-order valence-corrected chi connectivity index (χ4v) is 2.44. The summed E-state index contributed by atoms with van der Waals surface area (Å²) in [6.07, 6.45) is 3.45. The van der Waals surface area contributed by atoms with E-state index in [-0.39, 0.29) is 0 Å². The SMILES string of the molecule is CNCc1ccc(-c2cc(Nc3ccn(C)n3)ncn2)cc1C. The van der Waals surface area contributed by atoms with Crippen molar-refractivity contribution in [1.82, 2.24) is 25.1 Å². The number of hydrogen-bond donors (Lipinski definition) is 2. The average molecular weight is 308 g/mol. The molecule has 0 atom stereocenters. The van der Waals surface area contributed by atoms with Crippen molar-refractivity contribution in [3.8, 4) is 11.3 Å². The number of hydrogen-bond acceptors (Lipinski definition) is 5. The molecule has 0 unspecified atom stereocenters. The maximum absolute atomic E-state index is 4.38. The molecule has 0 amide bonds. The van der Waals surface area contributed by atoms with E-state index in [0.717, 1.165) is 29.4 Å². The molecule has 23 heavy (non-hydrogen) atoms. The first-order chi connectivity index (χ1) is 11.2. The van der Waals surface area contributed by atoms with Crippen molar-refractivity contribution in [3.05, 3.63) is 54.0 Å². The molecule has 1 aromatic carbocycles. The lowest BCUT2D eigenvalue weighted by molar-refractivity contribution is 0.771. The van der Waals surface area contributed by atoms with Crippen molar-refractivity contribution < 1.29 is 0 Å². The van der Waals surface area contributed by atoms with Crippen LogP contribution >= 0.6 is 0 Å².